The molecule has 0 saturated heterocycles. The molecule has 1 amide bonds. The third-order valence-corrected chi connectivity index (χ3v) is 4.64. The highest BCUT2D eigenvalue weighted by atomic mass is 35.5. The van der Waals surface area contributed by atoms with Crippen LogP contribution in [0.3, 0.4) is 0 Å². The predicted octanol–water partition coefficient (Wildman–Crippen LogP) is 3.77. The molecule has 0 aliphatic carbocycles. The molecule has 0 bridgehead atoms. The largest absolute Gasteiger partial charge is 0.493 e. The van der Waals surface area contributed by atoms with E-state index in [0.717, 1.165) is 16.3 Å². The Morgan fingerprint density at radius 3 is 2.54 bits per heavy atom. The first-order chi connectivity index (χ1) is 11.8. The van der Waals surface area contributed by atoms with Crippen molar-refractivity contribution in [3.05, 3.63) is 45.9 Å². The minimum absolute atomic E-state index is 0. The standard InChI is InChI=1S/C19H27N3O2S.ClH/c1-13(2)11-24-15-7-5-14(6-8-15)19(3,4)22-18(23)16-12-25-17(21-16)9-10-20;/h5-8,12-13H,9-11,20H2,1-4H3,(H,22,23);1H. The number of amides is 1. The summed E-state index contributed by atoms with van der Waals surface area (Å²) < 4.78 is 5.71. The molecule has 26 heavy (non-hydrogen) atoms. The number of carbonyl (C=O) groups excluding carboxylic acids is 1. The van der Waals surface area contributed by atoms with Gasteiger partial charge in [0.25, 0.3) is 5.91 Å². The van der Waals surface area contributed by atoms with Crippen LogP contribution in [0.4, 0.5) is 0 Å². The molecule has 0 fully saturated rings. The fourth-order valence-electron chi connectivity index (χ4n) is 2.30. The van der Waals surface area contributed by atoms with Crippen molar-refractivity contribution in [1.82, 2.24) is 10.3 Å². The van der Waals surface area contributed by atoms with Crippen molar-refractivity contribution in [3.63, 3.8) is 0 Å². The van der Waals surface area contributed by atoms with Crippen molar-refractivity contribution in [2.45, 2.75) is 39.7 Å². The zero-order valence-corrected chi connectivity index (χ0v) is 17.4. The van der Waals surface area contributed by atoms with Crippen molar-refractivity contribution < 1.29 is 9.53 Å². The molecule has 5 nitrogen and oxygen atoms in total. The van der Waals surface area contributed by atoms with Gasteiger partial charge in [-0.15, -0.1) is 23.7 Å². The van der Waals surface area contributed by atoms with Gasteiger partial charge >= 0.3 is 0 Å². The normalized spacial score (nSPS) is 11.2. The average molecular weight is 398 g/mol. The van der Waals surface area contributed by atoms with Gasteiger partial charge in [-0.05, 0) is 44.0 Å². The number of benzene rings is 1. The number of ether oxygens (including phenoxy) is 1. The molecule has 1 aromatic heterocycles. The molecule has 0 atom stereocenters. The molecule has 0 aliphatic heterocycles. The Balaban J connectivity index is 0.00000338. The van der Waals surface area contributed by atoms with Crippen LogP contribution in [0.1, 0.15) is 48.8 Å². The van der Waals surface area contributed by atoms with Gasteiger partial charge < -0.3 is 15.8 Å². The number of halogens is 1. The van der Waals surface area contributed by atoms with Gasteiger partial charge in [-0.25, -0.2) is 4.98 Å². The number of carbonyl (C=O) groups is 1. The Kier molecular flexibility index (Phi) is 8.53. The monoisotopic (exact) mass is 397 g/mol. The van der Waals surface area contributed by atoms with Crippen molar-refractivity contribution in [2.24, 2.45) is 11.7 Å². The van der Waals surface area contributed by atoms with E-state index < -0.39 is 5.54 Å². The van der Waals surface area contributed by atoms with Crippen LogP contribution >= 0.6 is 23.7 Å². The number of hydrogen-bond acceptors (Lipinski definition) is 5. The van der Waals surface area contributed by atoms with Gasteiger partial charge in [0.1, 0.15) is 11.4 Å². The minimum atomic E-state index is -0.509. The Bertz CT molecular complexity index is 699. The highest BCUT2D eigenvalue weighted by Gasteiger charge is 2.24. The second-order valence-electron chi connectivity index (χ2n) is 6.97. The highest BCUT2D eigenvalue weighted by molar-refractivity contribution is 7.09. The summed E-state index contributed by atoms with van der Waals surface area (Å²) in [7, 11) is 0. The minimum Gasteiger partial charge on any atom is -0.493 e. The Morgan fingerprint density at radius 1 is 1.31 bits per heavy atom. The number of hydrogen-bond donors (Lipinski definition) is 2. The summed E-state index contributed by atoms with van der Waals surface area (Å²) in [5, 5.41) is 5.71. The van der Waals surface area contributed by atoms with Crippen LogP contribution in [-0.4, -0.2) is 24.0 Å². The molecule has 1 heterocycles. The third kappa shape index (κ3) is 6.27. The van der Waals surface area contributed by atoms with E-state index in [-0.39, 0.29) is 18.3 Å². The molecule has 0 radical (unpaired) electrons. The van der Waals surface area contributed by atoms with E-state index in [0.29, 0.717) is 31.2 Å². The number of nitrogens with one attached hydrogen (secondary N) is 1. The van der Waals surface area contributed by atoms with Crippen LogP contribution in [0.5, 0.6) is 5.75 Å². The quantitative estimate of drug-likeness (QED) is 0.710. The fourth-order valence-corrected chi connectivity index (χ4v) is 3.10. The maximum Gasteiger partial charge on any atom is 0.271 e. The first-order valence-corrected chi connectivity index (χ1v) is 9.40. The lowest BCUT2D eigenvalue weighted by Gasteiger charge is -2.26. The molecule has 7 heteroatoms. The molecular weight excluding hydrogens is 370 g/mol. The van der Waals surface area contributed by atoms with Gasteiger partial charge in [0, 0.05) is 11.8 Å². The lowest BCUT2D eigenvalue weighted by Crippen LogP contribution is -2.41. The summed E-state index contributed by atoms with van der Waals surface area (Å²) >= 11 is 1.47. The molecule has 0 aliphatic rings. The van der Waals surface area contributed by atoms with E-state index in [1.165, 1.54) is 11.3 Å². The van der Waals surface area contributed by atoms with Gasteiger partial charge in [-0.3, -0.25) is 4.79 Å². The van der Waals surface area contributed by atoms with Crippen molar-refractivity contribution in [3.8, 4) is 5.75 Å². The summed E-state index contributed by atoms with van der Waals surface area (Å²) in [5.41, 5.74) is 6.47. The van der Waals surface area contributed by atoms with E-state index >= 15 is 0 Å². The molecule has 0 saturated carbocycles. The van der Waals surface area contributed by atoms with Gasteiger partial charge in [-0.2, -0.15) is 0 Å². The number of nitrogens with zero attached hydrogens (tertiary/aromatic N) is 1. The smallest absolute Gasteiger partial charge is 0.271 e. The maximum atomic E-state index is 12.5. The van der Waals surface area contributed by atoms with Gasteiger partial charge in [0.2, 0.25) is 0 Å². The molecule has 3 N–H and O–H groups in total. The molecular formula is C19H28ClN3O2S. The zero-order valence-electron chi connectivity index (χ0n) is 15.7. The highest BCUT2D eigenvalue weighted by Crippen LogP contribution is 2.24. The molecule has 0 spiro atoms. The zero-order chi connectivity index (χ0) is 18.4. The number of thiazole rings is 1. The van der Waals surface area contributed by atoms with E-state index in [4.69, 9.17) is 10.5 Å². The van der Waals surface area contributed by atoms with Gasteiger partial charge in [0.05, 0.1) is 17.2 Å². The van der Waals surface area contributed by atoms with Crippen molar-refractivity contribution >= 4 is 29.7 Å². The first kappa shape index (κ1) is 22.4. The summed E-state index contributed by atoms with van der Waals surface area (Å²) in [6, 6.07) is 7.84. The predicted molar refractivity (Wildman–Crippen MR) is 109 cm³/mol. The third-order valence-electron chi connectivity index (χ3n) is 3.73. The number of rotatable bonds is 8. The van der Waals surface area contributed by atoms with Gasteiger partial charge in [-0.1, -0.05) is 26.0 Å². The first-order valence-electron chi connectivity index (χ1n) is 8.52. The summed E-state index contributed by atoms with van der Waals surface area (Å²) in [6.07, 6.45) is 0.694. The lowest BCUT2D eigenvalue weighted by molar-refractivity contribution is 0.0907. The molecule has 144 valence electrons. The molecule has 2 aromatic rings. The van der Waals surface area contributed by atoms with Crippen LogP contribution < -0.4 is 15.8 Å². The fraction of sp³-hybridized carbons (Fsp3) is 0.474. The average Bonchev–Trinajstić information content (AvgIpc) is 3.02. The van der Waals surface area contributed by atoms with E-state index in [2.05, 4.69) is 24.1 Å². The number of aromatic nitrogens is 1. The Morgan fingerprint density at radius 2 is 1.96 bits per heavy atom. The van der Waals surface area contributed by atoms with Gasteiger partial charge in [0.15, 0.2) is 0 Å². The van der Waals surface area contributed by atoms with Crippen LogP contribution in [-0.2, 0) is 12.0 Å². The molecule has 2 rings (SSSR count). The Labute approximate surface area is 165 Å². The second-order valence-corrected chi connectivity index (χ2v) is 7.92. The maximum absolute atomic E-state index is 12.5. The summed E-state index contributed by atoms with van der Waals surface area (Å²) in [4.78, 5) is 16.8. The second kappa shape index (κ2) is 9.90. The molecule has 1 aromatic carbocycles. The number of nitrogens with two attached hydrogens (primary N) is 1. The summed E-state index contributed by atoms with van der Waals surface area (Å²) in [6.45, 7) is 9.40. The van der Waals surface area contributed by atoms with Crippen LogP contribution in [0.15, 0.2) is 29.6 Å². The van der Waals surface area contributed by atoms with Crippen LogP contribution in [0.25, 0.3) is 0 Å². The van der Waals surface area contributed by atoms with E-state index in [9.17, 15) is 4.79 Å². The lowest BCUT2D eigenvalue weighted by atomic mass is 9.94. The van der Waals surface area contributed by atoms with Crippen LogP contribution in [0.2, 0.25) is 0 Å². The van der Waals surface area contributed by atoms with Crippen molar-refractivity contribution in [1.29, 1.82) is 0 Å². The molecule has 0 unspecified atom stereocenters. The SMILES string of the molecule is CC(C)COc1ccc(C(C)(C)NC(=O)c2csc(CCN)n2)cc1.Cl. The topological polar surface area (TPSA) is 77.2 Å². The van der Waals surface area contributed by atoms with E-state index in [1.54, 1.807) is 5.38 Å². The Hall–Kier alpha value is -1.63. The summed E-state index contributed by atoms with van der Waals surface area (Å²) in [5.74, 6) is 1.15. The van der Waals surface area contributed by atoms with Crippen LogP contribution in [0, 0.1) is 5.92 Å². The van der Waals surface area contributed by atoms with E-state index in [1.807, 2.05) is 38.1 Å². The van der Waals surface area contributed by atoms with Crippen molar-refractivity contribution in [2.75, 3.05) is 13.2 Å².